The van der Waals surface area contributed by atoms with Crippen molar-refractivity contribution in [1.29, 1.82) is 0 Å². The first-order valence-corrected chi connectivity index (χ1v) is 8.80. The van der Waals surface area contributed by atoms with E-state index in [2.05, 4.69) is 5.32 Å². The van der Waals surface area contributed by atoms with Crippen molar-refractivity contribution in [3.8, 4) is 11.5 Å². The molecule has 1 atom stereocenters. The molecule has 0 saturated heterocycles. The first-order chi connectivity index (χ1) is 12.1. The van der Waals surface area contributed by atoms with Crippen molar-refractivity contribution in [1.82, 2.24) is 5.32 Å². The van der Waals surface area contributed by atoms with E-state index in [4.69, 9.17) is 5.14 Å². The second kappa shape index (κ2) is 7.42. The number of hydrogen-bond donors (Lipinski definition) is 5. The van der Waals surface area contributed by atoms with Gasteiger partial charge in [0.1, 0.15) is 6.04 Å². The fourth-order valence-corrected chi connectivity index (χ4v) is 2.68. The van der Waals surface area contributed by atoms with Crippen LogP contribution < -0.4 is 10.5 Å². The molecule has 0 unspecified atom stereocenters. The van der Waals surface area contributed by atoms with Crippen molar-refractivity contribution >= 4 is 21.9 Å². The quantitative estimate of drug-likeness (QED) is 0.445. The lowest BCUT2D eigenvalue weighted by molar-refractivity contribution is -0.139. The number of carbonyl (C=O) groups excluding carboxylic acids is 1. The zero-order valence-electron chi connectivity index (χ0n) is 13.3. The zero-order valence-corrected chi connectivity index (χ0v) is 14.1. The Hall–Kier alpha value is -3.11. The maximum absolute atomic E-state index is 12.2. The Bertz CT molecular complexity index is 940. The highest BCUT2D eigenvalue weighted by Crippen LogP contribution is 2.25. The first-order valence-electron chi connectivity index (χ1n) is 7.25. The highest BCUT2D eigenvalue weighted by Gasteiger charge is 2.22. The SMILES string of the molecule is NS(=O)(=O)c1ccc(C(=O)N[C@@H](Cc2ccc(O)c(O)c2)C(=O)O)cc1. The summed E-state index contributed by atoms with van der Waals surface area (Å²) in [6.45, 7) is 0. The standard InChI is InChI=1S/C16H16N2O7S/c17-26(24,25)11-4-2-10(3-5-11)15(21)18-12(16(22)23)7-9-1-6-13(19)14(20)8-9/h1-6,8,12,19-20H,7H2,(H,18,21)(H,22,23)(H2,17,24,25)/t12-/m0/s1. The average molecular weight is 380 g/mol. The van der Waals surface area contributed by atoms with Crippen molar-refractivity contribution < 1.29 is 33.3 Å². The summed E-state index contributed by atoms with van der Waals surface area (Å²) in [5.41, 5.74) is 0.440. The fourth-order valence-electron chi connectivity index (χ4n) is 2.17. The molecule has 0 fully saturated rings. The number of aromatic hydroxyl groups is 2. The summed E-state index contributed by atoms with van der Waals surface area (Å²) in [5, 5.41) is 35.3. The molecule has 138 valence electrons. The molecule has 6 N–H and O–H groups in total. The normalized spacial score (nSPS) is 12.3. The third-order valence-electron chi connectivity index (χ3n) is 3.53. The molecule has 1 amide bonds. The van der Waals surface area contributed by atoms with Gasteiger partial charge in [0, 0.05) is 12.0 Å². The fraction of sp³-hybridized carbons (Fsp3) is 0.125. The van der Waals surface area contributed by atoms with E-state index in [9.17, 15) is 33.3 Å². The largest absolute Gasteiger partial charge is 0.504 e. The Morgan fingerprint density at radius 3 is 2.15 bits per heavy atom. The van der Waals surface area contributed by atoms with Gasteiger partial charge in [0.2, 0.25) is 10.0 Å². The van der Waals surface area contributed by atoms with Gasteiger partial charge in [-0.15, -0.1) is 0 Å². The van der Waals surface area contributed by atoms with Gasteiger partial charge < -0.3 is 20.6 Å². The lowest BCUT2D eigenvalue weighted by Gasteiger charge is -2.15. The molecule has 0 heterocycles. The molecule has 0 spiro atoms. The van der Waals surface area contributed by atoms with Gasteiger partial charge in [-0.25, -0.2) is 18.4 Å². The van der Waals surface area contributed by atoms with E-state index in [1.807, 2.05) is 0 Å². The van der Waals surface area contributed by atoms with Crippen LogP contribution in [0.25, 0.3) is 0 Å². The molecule has 2 aromatic carbocycles. The van der Waals surface area contributed by atoms with Crippen LogP contribution in [-0.4, -0.2) is 41.7 Å². The van der Waals surface area contributed by atoms with E-state index in [0.717, 1.165) is 12.1 Å². The van der Waals surface area contributed by atoms with Crippen LogP contribution in [-0.2, 0) is 21.2 Å². The number of rotatable bonds is 6. The molecule has 0 aliphatic heterocycles. The molecule has 0 saturated carbocycles. The summed E-state index contributed by atoms with van der Waals surface area (Å²) >= 11 is 0. The Kier molecular flexibility index (Phi) is 5.48. The van der Waals surface area contributed by atoms with Crippen LogP contribution in [0.3, 0.4) is 0 Å². The van der Waals surface area contributed by atoms with E-state index in [1.54, 1.807) is 0 Å². The molecule has 9 nitrogen and oxygen atoms in total. The van der Waals surface area contributed by atoms with Gasteiger partial charge in [-0.3, -0.25) is 4.79 Å². The summed E-state index contributed by atoms with van der Waals surface area (Å²) < 4.78 is 22.4. The number of nitrogens with two attached hydrogens (primary N) is 1. The molecule has 0 aliphatic carbocycles. The lowest BCUT2D eigenvalue weighted by Crippen LogP contribution is -2.42. The molecule has 0 radical (unpaired) electrons. The topological polar surface area (TPSA) is 167 Å². The minimum Gasteiger partial charge on any atom is -0.504 e. The number of carbonyl (C=O) groups is 2. The molecule has 2 aromatic rings. The maximum Gasteiger partial charge on any atom is 0.326 e. The highest BCUT2D eigenvalue weighted by molar-refractivity contribution is 7.89. The summed E-state index contributed by atoms with van der Waals surface area (Å²) in [4.78, 5) is 23.4. The van der Waals surface area contributed by atoms with Gasteiger partial charge in [-0.1, -0.05) is 6.07 Å². The van der Waals surface area contributed by atoms with E-state index in [1.165, 1.54) is 30.3 Å². The monoisotopic (exact) mass is 380 g/mol. The minimum atomic E-state index is -3.90. The summed E-state index contributed by atoms with van der Waals surface area (Å²) in [6, 6.07) is 7.20. The van der Waals surface area contributed by atoms with Gasteiger partial charge in [-0.05, 0) is 42.0 Å². The number of aliphatic carboxylic acids is 1. The second-order valence-electron chi connectivity index (χ2n) is 5.46. The number of phenols is 2. The third-order valence-corrected chi connectivity index (χ3v) is 4.46. The number of nitrogens with one attached hydrogen (secondary N) is 1. The Labute approximate surface area is 148 Å². The number of benzene rings is 2. The molecular formula is C16H16N2O7S. The number of hydrogen-bond acceptors (Lipinski definition) is 6. The number of carboxylic acids is 1. The van der Waals surface area contributed by atoms with Crippen LogP contribution in [0.4, 0.5) is 0 Å². The van der Waals surface area contributed by atoms with Crippen molar-refractivity contribution in [2.24, 2.45) is 5.14 Å². The number of amides is 1. The highest BCUT2D eigenvalue weighted by atomic mass is 32.2. The van der Waals surface area contributed by atoms with E-state index < -0.39 is 33.7 Å². The molecular weight excluding hydrogens is 364 g/mol. The van der Waals surface area contributed by atoms with Crippen molar-refractivity contribution in [3.05, 3.63) is 53.6 Å². The molecule has 2 rings (SSSR count). The van der Waals surface area contributed by atoms with Crippen molar-refractivity contribution in [2.75, 3.05) is 0 Å². The van der Waals surface area contributed by atoms with Gasteiger partial charge >= 0.3 is 5.97 Å². The van der Waals surface area contributed by atoms with Crippen molar-refractivity contribution in [3.63, 3.8) is 0 Å². The number of primary sulfonamides is 1. The predicted octanol–water partition coefficient (Wildman–Crippen LogP) is 0.171. The summed E-state index contributed by atoms with van der Waals surface area (Å²) in [5.74, 6) is -2.77. The van der Waals surface area contributed by atoms with Crippen LogP contribution in [0.5, 0.6) is 11.5 Å². The predicted molar refractivity (Wildman–Crippen MR) is 90.2 cm³/mol. The van der Waals surface area contributed by atoms with Crippen LogP contribution in [0.1, 0.15) is 15.9 Å². The van der Waals surface area contributed by atoms with Crippen LogP contribution in [0, 0.1) is 0 Å². The number of phenolic OH excluding ortho intramolecular Hbond substituents is 2. The first kappa shape index (κ1) is 19.2. The lowest BCUT2D eigenvalue weighted by atomic mass is 10.0. The summed E-state index contributed by atoms with van der Waals surface area (Å²) in [6.07, 6.45) is -0.135. The molecule has 10 heteroatoms. The second-order valence-corrected chi connectivity index (χ2v) is 7.02. The third kappa shape index (κ3) is 4.71. The van der Waals surface area contributed by atoms with Crippen LogP contribution in [0.2, 0.25) is 0 Å². The number of carboxylic acid groups (broad SMARTS) is 1. The molecule has 26 heavy (non-hydrogen) atoms. The van der Waals surface area contributed by atoms with Crippen LogP contribution >= 0.6 is 0 Å². The van der Waals surface area contributed by atoms with Gasteiger partial charge in [0.05, 0.1) is 4.90 Å². The van der Waals surface area contributed by atoms with E-state index in [-0.39, 0.29) is 22.6 Å². The van der Waals surface area contributed by atoms with Crippen molar-refractivity contribution in [2.45, 2.75) is 17.4 Å². The van der Waals surface area contributed by atoms with E-state index >= 15 is 0 Å². The zero-order chi connectivity index (χ0) is 19.5. The van der Waals surface area contributed by atoms with Crippen LogP contribution in [0.15, 0.2) is 47.4 Å². The van der Waals surface area contributed by atoms with Gasteiger partial charge in [-0.2, -0.15) is 0 Å². The smallest absolute Gasteiger partial charge is 0.326 e. The molecule has 0 aromatic heterocycles. The maximum atomic E-state index is 12.2. The molecule has 0 aliphatic rings. The Morgan fingerprint density at radius 1 is 1.04 bits per heavy atom. The van der Waals surface area contributed by atoms with Gasteiger partial charge in [0.15, 0.2) is 11.5 Å². The Balaban J connectivity index is 2.15. The van der Waals surface area contributed by atoms with E-state index in [0.29, 0.717) is 5.56 Å². The summed E-state index contributed by atoms with van der Waals surface area (Å²) in [7, 11) is -3.90. The average Bonchev–Trinajstić information content (AvgIpc) is 2.56. The number of sulfonamides is 1. The van der Waals surface area contributed by atoms with Gasteiger partial charge in [0.25, 0.3) is 5.91 Å². The minimum absolute atomic E-state index is 0.0530. The Morgan fingerprint density at radius 2 is 1.65 bits per heavy atom. The molecule has 0 bridgehead atoms.